The van der Waals surface area contributed by atoms with Crippen molar-refractivity contribution in [2.24, 2.45) is 0 Å². The summed E-state index contributed by atoms with van der Waals surface area (Å²) in [6, 6.07) is 0. The molecule has 1 unspecified atom stereocenters. The van der Waals surface area contributed by atoms with Crippen molar-refractivity contribution in [2.75, 3.05) is 26.3 Å². The predicted octanol–water partition coefficient (Wildman–Crippen LogP) is -2.14. The monoisotopic (exact) mass is 178 g/mol. The number of hydrogen-bond acceptors (Lipinski definition) is 5. The van der Waals surface area contributed by atoms with Gasteiger partial charge in [0.15, 0.2) is 0 Å². The van der Waals surface area contributed by atoms with E-state index in [0.29, 0.717) is 13.1 Å². The van der Waals surface area contributed by atoms with Crippen molar-refractivity contribution in [1.29, 1.82) is 0 Å². The third-order valence-corrected chi connectivity index (χ3v) is 1.43. The summed E-state index contributed by atoms with van der Waals surface area (Å²) in [7, 11) is 0. The van der Waals surface area contributed by atoms with Crippen LogP contribution in [0.2, 0.25) is 0 Å². The van der Waals surface area contributed by atoms with Gasteiger partial charge in [0, 0.05) is 13.1 Å². The fraction of sp³-hybridized carbons (Fsp3) is 1.00. The average molecular weight is 178 g/mol. The molecule has 0 fully saturated rings. The summed E-state index contributed by atoms with van der Waals surface area (Å²) in [6.07, 6.45) is -0.826. The Kier molecular flexibility index (Phi) is 7.33. The molecule has 5 N–H and O–H groups in total. The number of hydrogen-bond donors (Lipinski definition) is 5. The second kappa shape index (κ2) is 7.45. The van der Waals surface area contributed by atoms with Crippen molar-refractivity contribution in [3.63, 3.8) is 0 Å². The van der Waals surface area contributed by atoms with Crippen molar-refractivity contribution < 1.29 is 15.3 Å². The van der Waals surface area contributed by atoms with Gasteiger partial charge in [0.25, 0.3) is 0 Å². The Bertz CT molecular complexity index is 92.7. The van der Waals surface area contributed by atoms with Crippen LogP contribution in [-0.2, 0) is 0 Å². The molecule has 0 aromatic rings. The lowest BCUT2D eigenvalue weighted by atomic mass is 10.3. The van der Waals surface area contributed by atoms with E-state index in [1.165, 1.54) is 0 Å². The Morgan fingerprint density at radius 2 is 1.50 bits per heavy atom. The van der Waals surface area contributed by atoms with E-state index in [2.05, 4.69) is 10.6 Å². The van der Waals surface area contributed by atoms with Crippen molar-refractivity contribution in [2.45, 2.75) is 19.2 Å². The van der Waals surface area contributed by atoms with Gasteiger partial charge >= 0.3 is 0 Å². The zero-order chi connectivity index (χ0) is 9.40. The van der Waals surface area contributed by atoms with Crippen LogP contribution >= 0.6 is 0 Å². The molecule has 0 aliphatic carbocycles. The minimum atomic E-state index is -0.553. The van der Waals surface area contributed by atoms with Crippen molar-refractivity contribution in [3.8, 4) is 0 Å². The van der Waals surface area contributed by atoms with E-state index in [9.17, 15) is 5.11 Å². The average Bonchev–Trinajstić information content (AvgIpc) is 2.04. The van der Waals surface area contributed by atoms with E-state index >= 15 is 0 Å². The molecule has 0 spiro atoms. The summed E-state index contributed by atoms with van der Waals surface area (Å²) < 4.78 is 0. The molecule has 0 aliphatic rings. The molecule has 0 aromatic heterocycles. The molecule has 0 rings (SSSR count). The van der Waals surface area contributed by atoms with Gasteiger partial charge in [-0.05, 0) is 6.92 Å². The zero-order valence-corrected chi connectivity index (χ0v) is 7.32. The quantitative estimate of drug-likeness (QED) is 0.287. The number of aliphatic hydroxyl groups is 3. The van der Waals surface area contributed by atoms with Crippen molar-refractivity contribution >= 4 is 0 Å². The molecule has 0 bridgehead atoms. The lowest BCUT2D eigenvalue weighted by Crippen LogP contribution is -2.51. The molecule has 0 radical (unpaired) electrons. The molecule has 12 heavy (non-hydrogen) atoms. The Morgan fingerprint density at radius 1 is 1.08 bits per heavy atom. The van der Waals surface area contributed by atoms with Gasteiger partial charge in [0.1, 0.15) is 0 Å². The van der Waals surface area contributed by atoms with Gasteiger partial charge in [0.2, 0.25) is 0 Å². The van der Waals surface area contributed by atoms with Crippen LogP contribution in [0.1, 0.15) is 6.92 Å². The van der Waals surface area contributed by atoms with Crippen LogP contribution in [0.5, 0.6) is 0 Å². The largest absolute Gasteiger partial charge is 0.395 e. The maximum atomic E-state index is 9.18. The molecular formula is C7H18N2O3. The molecule has 0 aromatic carbocycles. The number of rotatable bonds is 7. The summed E-state index contributed by atoms with van der Waals surface area (Å²) in [5, 5.41) is 31.9. The molecular weight excluding hydrogens is 160 g/mol. The fourth-order valence-electron chi connectivity index (χ4n) is 0.853. The Morgan fingerprint density at radius 3 is 1.75 bits per heavy atom. The highest BCUT2D eigenvalue weighted by Gasteiger charge is 2.11. The molecule has 5 nitrogen and oxygen atoms in total. The SMILES string of the molecule is CC(O)C(NCCO)NCCO. The fourth-order valence-corrected chi connectivity index (χ4v) is 0.853. The summed E-state index contributed by atoms with van der Waals surface area (Å²) in [5.41, 5.74) is 0. The molecule has 0 saturated heterocycles. The van der Waals surface area contributed by atoms with E-state index in [0.717, 1.165) is 0 Å². The first kappa shape index (κ1) is 11.8. The smallest absolute Gasteiger partial charge is 0.0838 e. The maximum absolute atomic E-state index is 9.18. The van der Waals surface area contributed by atoms with Gasteiger partial charge in [-0.15, -0.1) is 0 Å². The van der Waals surface area contributed by atoms with E-state index in [-0.39, 0.29) is 19.4 Å². The lowest BCUT2D eigenvalue weighted by molar-refractivity contribution is 0.119. The predicted molar refractivity (Wildman–Crippen MR) is 45.6 cm³/mol. The highest BCUT2D eigenvalue weighted by atomic mass is 16.3. The van der Waals surface area contributed by atoms with Crippen LogP contribution < -0.4 is 10.6 Å². The maximum Gasteiger partial charge on any atom is 0.0838 e. The molecule has 0 heterocycles. The first-order valence-electron chi connectivity index (χ1n) is 4.09. The van der Waals surface area contributed by atoms with Gasteiger partial charge in [-0.3, -0.25) is 10.6 Å². The molecule has 5 heteroatoms. The number of aliphatic hydroxyl groups excluding tert-OH is 3. The highest BCUT2D eigenvalue weighted by Crippen LogP contribution is 1.86. The summed E-state index contributed by atoms with van der Waals surface area (Å²) in [6.45, 7) is 2.55. The van der Waals surface area contributed by atoms with Crippen LogP contribution in [0.25, 0.3) is 0 Å². The van der Waals surface area contributed by atoms with E-state index < -0.39 is 6.10 Å². The molecule has 1 atom stereocenters. The first-order chi connectivity index (χ1) is 5.72. The van der Waals surface area contributed by atoms with Crippen LogP contribution in [0, 0.1) is 0 Å². The molecule has 74 valence electrons. The van der Waals surface area contributed by atoms with Gasteiger partial charge in [-0.1, -0.05) is 0 Å². The second-order valence-corrected chi connectivity index (χ2v) is 2.57. The minimum absolute atomic E-state index is 0.0318. The van der Waals surface area contributed by atoms with Gasteiger partial charge in [-0.25, -0.2) is 0 Å². The van der Waals surface area contributed by atoms with E-state index in [1.807, 2.05) is 0 Å². The normalized spacial score (nSPS) is 13.8. The molecule has 0 saturated carbocycles. The van der Waals surface area contributed by atoms with Crippen LogP contribution in [0.3, 0.4) is 0 Å². The van der Waals surface area contributed by atoms with Crippen molar-refractivity contribution in [3.05, 3.63) is 0 Å². The summed E-state index contributed by atoms with van der Waals surface area (Å²) in [4.78, 5) is 0. The zero-order valence-electron chi connectivity index (χ0n) is 7.32. The van der Waals surface area contributed by atoms with Crippen LogP contribution in [0.4, 0.5) is 0 Å². The second-order valence-electron chi connectivity index (χ2n) is 2.57. The lowest BCUT2D eigenvalue weighted by Gasteiger charge is -2.21. The van der Waals surface area contributed by atoms with Crippen LogP contribution in [-0.4, -0.2) is 53.9 Å². The van der Waals surface area contributed by atoms with Crippen LogP contribution in [0.15, 0.2) is 0 Å². The standard InChI is InChI=1S/C7H18N2O3/c1-6(12)7(8-2-4-10)9-3-5-11/h6-12H,2-5H2,1H3. The van der Waals surface area contributed by atoms with Gasteiger partial charge in [0.05, 0.1) is 25.5 Å². The summed E-state index contributed by atoms with van der Waals surface area (Å²) >= 11 is 0. The highest BCUT2D eigenvalue weighted by molar-refractivity contribution is 4.69. The third kappa shape index (κ3) is 5.45. The Balaban J connectivity index is 3.55. The van der Waals surface area contributed by atoms with Crippen molar-refractivity contribution in [1.82, 2.24) is 10.6 Å². The van der Waals surface area contributed by atoms with Gasteiger partial charge < -0.3 is 15.3 Å². The van der Waals surface area contributed by atoms with Gasteiger partial charge in [-0.2, -0.15) is 0 Å². The third-order valence-electron chi connectivity index (χ3n) is 1.43. The number of nitrogens with one attached hydrogen (secondary N) is 2. The van der Waals surface area contributed by atoms with E-state index in [1.54, 1.807) is 6.92 Å². The topological polar surface area (TPSA) is 84.8 Å². The minimum Gasteiger partial charge on any atom is -0.395 e. The molecule has 0 amide bonds. The summed E-state index contributed by atoms with van der Waals surface area (Å²) in [5.74, 6) is 0. The van der Waals surface area contributed by atoms with E-state index in [4.69, 9.17) is 10.2 Å². The first-order valence-corrected chi connectivity index (χ1v) is 4.09. The Hall–Kier alpha value is -0.200. The Labute approximate surface area is 72.4 Å². The molecule has 0 aliphatic heterocycles.